The first-order valence-electron chi connectivity index (χ1n) is 15.7. The molecule has 14 heteroatoms. The summed E-state index contributed by atoms with van der Waals surface area (Å²) in [5.74, 6) is -1.59. The van der Waals surface area contributed by atoms with E-state index in [2.05, 4.69) is 56.4 Å². The van der Waals surface area contributed by atoms with Gasteiger partial charge >= 0.3 is 11.9 Å². The highest BCUT2D eigenvalue weighted by Crippen LogP contribution is 2.28. The number of carbonyl (C=O) groups excluding carboxylic acids is 2. The van der Waals surface area contributed by atoms with E-state index in [4.69, 9.17) is 10.2 Å². The fourth-order valence-corrected chi connectivity index (χ4v) is 6.41. The van der Waals surface area contributed by atoms with Crippen molar-refractivity contribution in [1.82, 2.24) is 42.5 Å². The minimum absolute atomic E-state index is 0.0323. The number of hydrogen-bond donors (Lipinski definition) is 10. The lowest BCUT2D eigenvalue weighted by atomic mass is 9.76. The Labute approximate surface area is 255 Å². The van der Waals surface area contributed by atoms with Gasteiger partial charge in [-0.2, -0.15) is 0 Å². The minimum atomic E-state index is -0.901. The van der Waals surface area contributed by atoms with Crippen molar-refractivity contribution in [2.24, 2.45) is 17.3 Å². The Hall–Kier alpha value is -2.36. The second kappa shape index (κ2) is 16.6. The van der Waals surface area contributed by atoms with Crippen LogP contribution in [0.2, 0.25) is 0 Å². The number of fused-ring (bicyclic) bond motifs is 14. The predicted molar refractivity (Wildman–Crippen MR) is 163 cm³/mol. The molecule has 2 amide bonds. The van der Waals surface area contributed by atoms with Crippen molar-refractivity contribution < 1.29 is 29.4 Å². The predicted octanol–water partition coefficient (Wildman–Crippen LogP) is -1.96. The maximum atomic E-state index is 13.0. The van der Waals surface area contributed by atoms with E-state index < -0.39 is 23.0 Å². The van der Waals surface area contributed by atoms with Crippen molar-refractivity contribution in [3.8, 4) is 0 Å². The molecule has 4 rings (SSSR count). The van der Waals surface area contributed by atoms with Crippen LogP contribution in [0.3, 0.4) is 0 Å². The summed E-state index contributed by atoms with van der Waals surface area (Å²) in [6.45, 7) is 12.0. The number of aliphatic carboxylic acids is 2. The van der Waals surface area contributed by atoms with Gasteiger partial charge in [0.1, 0.15) is 0 Å². The van der Waals surface area contributed by atoms with Crippen LogP contribution in [0.4, 0.5) is 0 Å². The Morgan fingerprint density at radius 2 is 0.977 bits per heavy atom. The summed E-state index contributed by atoms with van der Waals surface area (Å²) >= 11 is 0. The molecular weight excluding hydrogens is 556 g/mol. The van der Waals surface area contributed by atoms with E-state index in [9.17, 15) is 19.2 Å². The second-order valence-electron chi connectivity index (χ2n) is 13.3. The summed E-state index contributed by atoms with van der Waals surface area (Å²) in [4.78, 5) is 47.8. The Kier molecular flexibility index (Phi) is 13.6. The molecule has 4 aliphatic heterocycles. The van der Waals surface area contributed by atoms with Gasteiger partial charge in [-0.25, -0.2) is 0 Å². The highest BCUT2D eigenvalue weighted by atomic mass is 16.4. The molecule has 0 aromatic carbocycles. The molecule has 2 unspecified atom stereocenters. The van der Waals surface area contributed by atoms with Gasteiger partial charge in [-0.1, -0.05) is 13.8 Å². The van der Waals surface area contributed by atoms with Crippen molar-refractivity contribution in [3.63, 3.8) is 0 Å². The summed E-state index contributed by atoms with van der Waals surface area (Å²) in [6.07, 6.45) is 0.873. The third-order valence-corrected chi connectivity index (χ3v) is 8.99. The molecular formula is C29H54N8O6. The third kappa shape index (κ3) is 11.6. The van der Waals surface area contributed by atoms with E-state index in [1.54, 1.807) is 0 Å². The third-order valence-electron chi connectivity index (χ3n) is 8.99. The molecule has 4 fully saturated rings. The minimum Gasteiger partial charge on any atom is -0.481 e. The zero-order valence-corrected chi connectivity index (χ0v) is 25.9. The number of carbonyl (C=O) groups is 4. The van der Waals surface area contributed by atoms with Crippen LogP contribution >= 0.6 is 0 Å². The van der Waals surface area contributed by atoms with E-state index in [1.807, 2.05) is 0 Å². The van der Waals surface area contributed by atoms with E-state index in [-0.39, 0.29) is 54.7 Å². The fourth-order valence-electron chi connectivity index (χ4n) is 6.41. The molecule has 246 valence electrons. The molecule has 0 aromatic rings. The summed E-state index contributed by atoms with van der Waals surface area (Å²) in [6, 6.07) is 0. The molecule has 10 N–H and O–H groups in total. The molecule has 0 spiro atoms. The molecule has 0 saturated carbocycles. The Bertz CT molecular complexity index is 886. The van der Waals surface area contributed by atoms with Crippen molar-refractivity contribution in [2.75, 3.05) is 78.5 Å². The molecule has 0 radical (unpaired) electrons. The average molecular weight is 611 g/mol. The van der Waals surface area contributed by atoms with E-state index in [0.717, 1.165) is 26.2 Å². The molecule has 4 heterocycles. The molecule has 0 aliphatic carbocycles. The van der Waals surface area contributed by atoms with Gasteiger partial charge in [-0.05, 0) is 56.3 Å². The number of hydrogen-bond acceptors (Lipinski definition) is 10. The van der Waals surface area contributed by atoms with E-state index >= 15 is 0 Å². The summed E-state index contributed by atoms with van der Waals surface area (Å²) in [5, 5.41) is 46.3. The molecule has 0 aromatic heterocycles. The normalized spacial score (nSPS) is 32.6. The van der Waals surface area contributed by atoms with Crippen molar-refractivity contribution >= 4 is 23.8 Å². The Balaban J connectivity index is 1.79. The Morgan fingerprint density at radius 1 is 0.605 bits per heavy atom. The number of carboxylic acids is 2. The van der Waals surface area contributed by atoms with E-state index in [1.165, 1.54) is 0 Å². The number of rotatable bonds is 10. The fraction of sp³-hybridized carbons (Fsp3) is 0.862. The summed E-state index contributed by atoms with van der Waals surface area (Å²) in [7, 11) is 0. The van der Waals surface area contributed by atoms with Gasteiger partial charge in [0.2, 0.25) is 11.8 Å². The first-order valence-corrected chi connectivity index (χ1v) is 15.7. The second-order valence-corrected chi connectivity index (χ2v) is 13.3. The maximum Gasteiger partial charge on any atom is 0.303 e. The largest absolute Gasteiger partial charge is 0.481 e. The van der Waals surface area contributed by atoms with Gasteiger partial charge in [0.25, 0.3) is 0 Å². The van der Waals surface area contributed by atoms with Gasteiger partial charge < -0.3 is 52.7 Å². The standard InChI is InChI=1S/C29H54N8O6/c1-21-9-30-15-28(36-23(38)5-3-7-25(40)41)17-32-11-22-12-33-18-29(16-31-10-21,37-24(39)6-4-8-26(42)43)20-35-14-27(22,2)13-34-19-28/h21-22,30-35H,3-20H2,1-2H3,(H,36,38)(H,37,39)(H,40,41)(H,42,43)/t21?,22-,27?,28-,29+. The highest BCUT2D eigenvalue weighted by Gasteiger charge is 2.41. The molecule has 5 atom stereocenters. The smallest absolute Gasteiger partial charge is 0.303 e. The van der Waals surface area contributed by atoms with Crippen LogP contribution in [0.1, 0.15) is 52.4 Å². The molecule has 4 bridgehead atoms. The van der Waals surface area contributed by atoms with Crippen LogP contribution in [0, 0.1) is 17.3 Å². The molecule has 4 aliphatic rings. The van der Waals surface area contributed by atoms with Crippen molar-refractivity contribution in [1.29, 1.82) is 0 Å². The van der Waals surface area contributed by atoms with Crippen molar-refractivity contribution in [3.05, 3.63) is 0 Å². The van der Waals surface area contributed by atoms with Crippen LogP contribution in [-0.4, -0.2) is 124 Å². The molecule has 14 nitrogen and oxygen atoms in total. The maximum absolute atomic E-state index is 13.0. The van der Waals surface area contributed by atoms with Gasteiger partial charge in [-0.15, -0.1) is 0 Å². The van der Waals surface area contributed by atoms with Gasteiger partial charge in [0.15, 0.2) is 0 Å². The first kappa shape index (κ1) is 35.1. The number of nitrogens with one attached hydrogen (secondary N) is 8. The first-order chi connectivity index (χ1) is 20.4. The molecule has 43 heavy (non-hydrogen) atoms. The SMILES string of the molecule is CC1CNC[C@]2(NC(=O)CCCC(=O)O)CNC[C@H]3CNC[C@](NC(=O)CCCC(=O)O)(CNC1)CNCC3(C)CNC2. The Morgan fingerprint density at radius 3 is 1.37 bits per heavy atom. The number of amides is 2. The summed E-state index contributed by atoms with van der Waals surface area (Å²) in [5.41, 5.74) is -1.31. The zero-order chi connectivity index (χ0) is 31.3. The number of carboxylic acid groups (broad SMARTS) is 2. The van der Waals surface area contributed by atoms with Gasteiger partial charge in [0, 0.05) is 78.0 Å². The monoisotopic (exact) mass is 610 g/mol. The lowest BCUT2D eigenvalue weighted by Gasteiger charge is -2.38. The summed E-state index contributed by atoms with van der Waals surface area (Å²) < 4.78 is 0. The lowest BCUT2D eigenvalue weighted by molar-refractivity contribution is -0.138. The van der Waals surface area contributed by atoms with Crippen LogP contribution in [0.25, 0.3) is 0 Å². The van der Waals surface area contributed by atoms with Crippen LogP contribution in [-0.2, 0) is 19.2 Å². The lowest BCUT2D eigenvalue weighted by Crippen LogP contribution is -2.66. The zero-order valence-electron chi connectivity index (χ0n) is 25.9. The van der Waals surface area contributed by atoms with Crippen LogP contribution in [0.5, 0.6) is 0 Å². The molecule has 4 saturated heterocycles. The average Bonchev–Trinajstić information content (AvgIpc) is 3.00. The highest BCUT2D eigenvalue weighted by molar-refractivity contribution is 5.78. The van der Waals surface area contributed by atoms with Crippen molar-refractivity contribution in [2.45, 2.75) is 63.5 Å². The van der Waals surface area contributed by atoms with E-state index in [0.29, 0.717) is 65.2 Å². The topological polar surface area (TPSA) is 205 Å². The quantitative estimate of drug-likeness (QED) is 0.131. The van der Waals surface area contributed by atoms with Crippen LogP contribution in [0.15, 0.2) is 0 Å². The van der Waals surface area contributed by atoms with Crippen LogP contribution < -0.4 is 42.5 Å². The van der Waals surface area contributed by atoms with Gasteiger partial charge in [0.05, 0.1) is 11.1 Å². The van der Waals surface area contributed by atoms with Gasteiger partial charge in [-0.3, -0.25) is 19.2 Å².